The van der Waals surface area contributed by atoms with Gasteiger partial charge >= 0.3 is 6.18 Å². The number of piperidine rings is 1. The molecule has 1 aliphatic rings. The van der Waals surface area contributed by atoms with Gasteiger partial charge in [0.1, 0.15) is 0 Å². The Morgan fingerprint density at radius 3 is 2.58 bits per heavy atom. The summed E-state index contributed by atoms with van der Waals surface area (Å²) in [4.78, 5) is 16.8. The van der Waals surface area contributed by atoms with Crippen molar-refractivity contribution in [3.8, 4) is 0 Å². The summed E-state index contributed by atoms with van der Waals surface area (Å²) in [5, 5.41) is 2.60. The average molecular weight is 294 g/mol. The van der Waals surface area contributed by atoms with Crippen LogP contribution in [0.15, 0.2) is 0 Å². The molecule has 0 bridgehead atoms. The van der Waals surface area contributed by atoms with Gasteiger partial charge in [-0.25, -0.2) is 0 Å². The molecule has 1 amide bonds. The fraction of sp³-hybridized carbons (Fsp3) is 0.700. The van der Waals surface area contributed by atoms with Gasteiger partial charge in [0.05, 0.1) is 6.54 Å². The van der Waals surface area contributed by atoms with Crippen molar-refractivity contribution in [2.24, 2.45) is 0 Å². The van der Waals surface area contributed by atoms with Crippen molar-refractivity contribution >= 4 is 22.6 Å². The Morgan fingerprint density at radius 2 is 2.00 bits per heavy atom. The van der Waals surface area contributed by atoms with Gasteiger partial charge in [0.15, 0.2) is 0 Å². The second kappa shape index (κ2) is 5.72. The molecule has 1 aliphatic heterocycles. The summed E-state index contributed by atoms with van der Waals surface area (Å²) in [5.41, 5.74) is 0. The molecular formula is C10H13F3N4OS. The lowest BCUT2D eigenvalue weighted by Crippen LogP contribution is -2.39. The number of amides is 1. The van der Waals surface area contributed by atoms with Crippen LogP contribution in [0.2, 0.25) is 0 Å². The van der Waals surface area contributed by atoms with Crippen LogP contribution in [0.25, 0.3) is 0 Å². The molecule has 1 aromatic heterocycles. The molecule has 19 heavy (non-hydrogen) atoms. The standard InChI is InChI=1S/C10H13F3N4OS/c11-10(12,13)8-15-9(19-16-8)14-6-7(18)17-4-2-1-3-5-17/h1-6H2,(H,14,15,16). The number of anilines is 1. The lowest BCUT2D eigenvalue weighted by atomic mass is 10.1. The van der Waals surface area contributed by atoms with Crippen LogP contribution >= 0.6 is 11.5 Å². The van der Waals surface area contributed by atoms with Crippen molar-refractivity contribution in [1.82, 2.24) is 14.3 Å². The first-order valence-electron chi connectivity index (χ1n) is 5.89. The second-order valence-electron chi connectivity index (χ2n) is 4.22. The Hall–Kier alpha value is -1.38. The predicted molar refractivity (Wildman–Crippen MR) is 63.8 cm³/mol. The predicted octanol–water partition coefficient (Wildman–Crippen LogP) is 1.98. The quantitative estimate of drug-likeness (QED) is 0.926. The van der Waals surface area contributed by atoms with Gasteiger partial charge in [0.2, 0.25) is 16.9 Å². The third-order valence-corrected chi connectivity index (χ3v) is 3.45. The minimum Gasteiger partial charge on any atom is -0.351 e. The summed E-state index contributed by atoms with van der Waals surface area (Å²) in [6.07, 6.45) is -1.48. The van der Waals surface area contributed by atoms with Crippen LogP contribution in [0.5, 0.6) is 0 Å². The van der Waals surface area contributed by atoms with E-state index in [1.54, 1.807) is 4.90 Å². The van der Waals surface area contributed by atoms with Crippen molar-refractivity contribution in [2.75, 3.05) is 25.0 Å². The summed E-state index contributed by atoms with van der Waals surface area (Å²) < 4.78 is 40.0. The summed E-state index contributed by atoms with van der Waals surface area (Å²) in [6.45, 7) is 1.38. The molecule has 0 saturated carbocycles. The van der Waals surface area contributed by atoms with E-state index in [0.29, 0.717) is 24.6 Å². The summed E-state index contributed by atoms with van der Waals surface area (Å²) in [5.74, 6) is -1.30. The minimum atomic E-state index is -4.55. The molecule has 2 heterocycles. The summed E-state index contributed by atoms with van der Waals surface area (Å²) >= 11 is 0.602. The Kier molecular flexibility index (Phi) is 4.23. The third kappa shape index (κ3) is 3.79. The molecule has 0 unspecified atom stereocenters. The van der Waals surface area contributed by atoms with E-state index in [-0.39, 0.29) is 17.6 Å². The number of hydrogen-bond donors (Lipinski definition) is 1. The topological polar surface area (TPSA) is 58.1 Å². The van der Waals surface area contributed by atoms with Gasteiger partial charge in [0, 0.05) is 24.6 Å². The highest BCUT2D eigenvalue weighted by Gasteiger charge is 2.36. The average Bonchev–Trinajstić information content (AvgIpc) is 2.86. The minimum absolute atomic E-state index is 0.0117. The highest BCUT2D eigenvalue weighted by molar-refractivity contribution is 7.09. The fourth-order valence-corrected chi connectivity index (χ4v) is 2.40. The molecule has 1 aromatic rings. The summed E-state index contributed by atoms with van der Waals surface area (Å²) in [6, 6.07) is 0. The number of nitrogens with zero attached hydrogens (tertiary/aromatic N) is 3. The molecule has 9 heteroatoms. The number of aromatic nitrogens is 2. The van der Waals surface area contributed by atoms with Crippen LogP contribution in [0, 0.1) is 0 Å². The Labute approximate surface area is 112 Å². The van der Waals surface area contributed by atoms with E-state index in [9.17, 15) is 18.0 Å². The van der Waals surface area contributed by atoms with E-state index in [1.807, 2.05) is 0 Å². The maximum atomic E-state index is 12.3. The van der Waals surface area contributed by atoms with Gasteiger partial charge in [-0.3, -0.25) is 4.79 Å². The Bertz CT molecular complexity index is 442. The van der Waals surface area contributed by atoms with Crippen LogP contribution in [0.1, 0.15) is 25.1 Å². The zero-order valence-electron chi connectivity index (χ0n) is 10.0. The van der Waals surface area contributed by atoms with E-state index in [1.165, 1.54) is 0 Å². The number of carbonyl (C=O) groups is 1. The molecule has 5 nitrogen and oxygen atoms in total. The SMILES string of the molecule is O=C(CNc1nc(C(F)(F)F)ns1)N1CCCCC1. The van der Waals surface area contributed by atoms with E-state index >= 15 is 0 Å². The number of carbonyl (C=O) groups excluding carboxylic acids is 1. The lowest BCUT2D eigenvalue weighted by Gasteiger charge is -2.26. The molecule has 1 N–H and O–H groups in total. The molecule has 1 fully saturated rings. The molecule has 0 aromatic carbocycles. The van der Waals surface area contributed by atoms with Crippen molar-refractivity contribution in [2.45, 2.75) is 25.4 Å². The van der Waals surface area contributed by atoms with Crippen LogP contribution in [0.3, 0.4) is 0 Å². The van der Waals surface area contributed by atoms with Gasteiger partial charge in [-0.2, -0.15) is 22.5 Å². The molecule has 0 spiro atoms. The third-order valence-electron chi connectivity index (χ3n) is 2.78. The maximum Gasteiger partial charge on any atom is 0.452 e. The normalized spacial score (nSPS) is 16.5. The number of likely N-dealkylation sites (tertiary alicyclic amines) is 1. The molecule has 2 rings (SSSR count). The van der Waals surface area contributed by atoms with Gasteiger partial charge < -0.3 is 10.2 Å². The van der Waals surface area contributed by atoms with Crippen molar-refractivity contribution < 1.29 is 18.0 Å². The highest BCUT2D eigenvalue weighted by Crippen LogP contribution is 2.28. The first kappa shape index (κ1) is 14.0. The van der Waals surface area contributed by atoms with Crippen molar-refractivity contribution in [3.63, 3.8) is 0 Å². The lowest BCUT2D eigenvalue weighted by molar-refractivity contribution is -0.144. The van der Waals surface area contributed by atoms with Crippen molar-refractivity contribution in [1.29, 1.82) is 0 Å². The van der Waals surface area contributed by atoms with E-state index < -0.39 is 12.0 Å². The maximum absolute atomic E-state index is 12.3. The van der Waals surface area contributed by atoms with E-state index in [2.05, 4.69) is 14.7 Å². The van der Waals surface area contributed by atoms with Crippen LogP contribution in [-0.2, 0) is 11.0 Å². The van der Waals surface area contributed by atoms with Gasteiger partial charge in [-0.05, 0) is 19.3 Å². The first-order chi connectivity index (χ1) is 8.97. The zero-order valence-corrected chi connectivity index (χ0v) is 10.9. The Balaban J connectivity index is 1.85. The van der Waals surface area contributed by atoms with Crippen LogP contribution < -0.4 is 5.32 Å². The fourth-order valence-electron chi connectivity index (χ4n) is 1.82. The van der Waals surface area contributed by atoms with Gasteiger partial charge in [-0.15, -0.1) is 0 Å². The number of halogens is 3. The van der Waals surface area contributed by atoms with Crippen LogP contribution in [0.4, 0.5) is 18.3 Å². The first-order valence-corrected chi connectivity index (χ1v) is 6.67. The number of hydrogen-bond acceptors (Lipinski definition) is 5. The van der Waals surface area contributed by atoms with Crippen molar-refractivity contribution in [3.05, 3.63) is 5.82 Å². The number of rotatable bonds is 3. The molecule has 0 radical (unpaired) electrons. The molecule has 0 atom stereocenters. The molecule has 1 saturated heterocycles. The second-order valence-corrected chi connectivity index (χ2v) is 4.97. The van der Waals surface area contributed by atoms with Gasteiger partial charge in [-0.1, -0.05) is 0 Å². The monoisotopic (exact) mass is 294 g/mol. The van der Waals surface area contributed by atoms with Gasteiger partial charge in [0.25, 0.3) is 0 Å². The zero-order chi connectivity index (χ0) is 13.9. The molecule has 0 aliphatic carbocycles. The highest BCUT2D eigenvalue weighted by atomic mass is 32.1. The molecule has 106 valence electrons. The number of alkyl halides is 3. The smallest absolute Gasteiger partial charge is 0.351 e. The Morgan fingerprint density at radius 1 is 1.32 bits per heavy atom. The largest absolute Gasteiger partial charge is 0.452 e. The number of nitrogens with one attached hydrogen (secondary N) is 1. The van der Waals surface area contributed by atoms with Crippen LogP contribution in [-0.4, -0.2) is 39.8 Å². The summed E-state index contributed by atoms with van der Waals surface area (Å²) in [7, 11) is 0. The van der Waals surface area contributed by atoms with E-state index in [4.69, 9.17) is 0 Å². The molecular weight excluding hydrogens is 281 g/mol. The van der Waals surface area contributed by atoms with E-state index in [0.717, 1.165) is 19.3 Å².